The Balaban J connectivity index is 1.87. The van der Waals surface area contributed by atoms with Crippen LogP contribution in [0.25, 0.3) is 10.2 Å². The molecule has 0 amide bonds. The summed E-state index contributed by atoms with van der Waals surface area (Å²) < 4.78 is 1.27. The van der Waals surface area contributed by atoms with E-state index in [-0.39, 0.29) is 0 Å². The van der Waals surface area contributed by atoms with Crippen LogP contribution in [0.15, 0.2) is 24.3 Å². The lowest BCUT2D eigenvalue weighted by Gasteiger charge is -2.38. The van der Waals surface area contributed by atoms with Gasteiger partial charge in [0.1, 0.15) is 0 Å². The van der Waals surface area contributed by atoms with Gasteiger partial charge in [-0.2, -0.15) is 0 Å². The lowest BCUT2D eigenvalue weighted by Crippen LogP contribution is -2.49. The minimum atomic E-state index is 0.664. The molecule has 2 aromatic rings. The average Bonchev–Trinajstić information content (AvgIpc) is 2.59. The maximum absolute atomic E-state index is 5.61. The molecule has 0 spiro atoms. The fourth-order valence-corrected chi connectivity index (χ4v) is 2.85. The number of benzene rings is 1. The van der Waals surface area contributed by atoms with Crippen molar-refractivity contribution in [1.82, 2.24) is 4.98 Å². The summed E-state index contributed by atoms with van der Waals surface area (Å²) >= 11 is 1.77. The molecule has 0 radical (unpaired) electrons. The zero-order chi connectivity index (χ0) is 10.3. The van der Waals surface area contributed by atoms with E-state index >= 15 is 0 Å². The first-order valence-corrected chi connectivity index (χ1v) is 5.99. The van der Waals surface area contributed by atoms with Crippen LogP contribution in [0.2, 0.25) is 0 Å². The van der Waals surface area contributed by atoms with Gasteiger partial charge in [0.05, 0.1) is 10.2 Å². The number of rotatable bonds is 2. The summed E-state index contributed by atoms with van der Waals surface area (Å²) in [4.78, 5) is 6.91. The normalized spacial score (nSPS) is 17.0. The van der Waals surface area contributed by atoms with Crippen LogP contribution in [0.5, 0.6) is 0 Å². The smallest absolute Gasteiger partial charge is 0.186 e. The van der Waals surface area contributed by atoms with Crippen LogP contribution in [-0.4, -0.2) is 24.6 Å². The number of aromatic nitrogens is 1. The van der Waals surface area contributed by atoms with Crippen molar-refractivity contribution < 1.29 is 0 Å². The molecular formula is C11H13N3S. The molecule has 1 fully saturated rings. The molecular weight excluding hydrogens is 206 g/mol. The van der Waals surface area contributed by atoms with Gasteiger partial charge in [-0.1, -0.05) is 23.5 Å². The highest BCUT2D eigenvalue weighted by molar-refractivity contribution is 7.22. The van der Waals surface area contributed by atoms with E-state index in [0.717, 1.165) is 30.3 Å². The van der Waals surface area contributed by atoms with E-state index < -0.39 is 0 Å². The molecule has 4 heteroatoms. The van der Waals surface area contributed by atoms with E-state index in [1.165, 1.54) is 4.70 Å². The second kappa shape index (κ2) is 3.47. The maximum atomic E-state index is 5.61. The lowest BCUT2D eigenvalue weighted by atomic mass is 10.0. The number of fused-ring (bicyclic) bond motifs is 1. The van der Waals surface area contributed by atoms with Crippen LogP contribution in [0, 0.1) is 5.92 Å². The molecule has 0 bridgehead atoms. The van der Waals surface area contributed by atoms with Gasteiger partial charge < -0.3 is 10.6 Å². The highest BCUT2D eigenvalue weighted by atomic mass is 32.1. The van der Waals surface area contributed by atoms with Crippen LogP contribution < -0.4 is 10.6 Å². The van der Waals surface area contributed by atoms with Crippen LogP contribution in [0.3, 0.4) is 0 Å². The van der Waals surface area contributed by atoms with Gasteiger partial charge in [-0.25, -0.2) is 4.98 Å². The third kappa shape index (κ3) is 1.50. The lowest BCUT2D eigenvalue weighted by molar-refractivity contribution is 0.420. The number of thiazole rings is 1. The van der Waals surface area contributed by atoms with Crippen molar-refractivity contribution in [3.63, 3.8) is 0 Å². The number of para-hydroxylation sites is 1. The summed E-state index contributed by atoms with van der Waals surface area (Å²) in [6, 6.07) is 8.28. The summed E-state index contributed by atoms with van der Waals surface area (Å²) in [5, 5.41) is 1.14. The van der Waals surface area contributed by atoms with Crippen LogP contribution in [0.4, 0.5) is 5.13 Å². The van der Waals surface area contributed by atoms with E-state index in [1.807, 2.05) is 6.07 Å². The summed E-state index contributed by atoms with van der Waals surface area (Å²) in [5.41, 5.74) is 6.71. The molecule has 0 atom stereocenters. The van der Waals surface area contributed by atoms with Crippen molar-refractivity contribution in [1.29, 1.82) is 0 Å². The molecule has 3 nitrogen and oxygen atoms in total. The first-order valence-electron chi connectivity index (χ1n) is 5.17. The van der Waals surface area contributed by atoms with Crippen molar-refractivity contribution in [3.8, 4) is 0 Å². The van der Waals surface area contributed by atoms with Gasteiger partial charge in [0.25, 0.3) is 0 Å². The van der Waals surface area contributed by atoms with Crippen molar-refractivity contribution in [2.24, 2.45) is 11.7 Å². The maximum Gasteiger partial charge on any atom is 0.186 e. The van der Waals surface area contributed by atoms with E-state index in [0.29, 0.717) is 5.92 Å². The van der Waals surface area contributed by atoms with E-state index in [9.17, 15) is 0 Å². The zero-order valence-corrected chi connectivity index (χ0v) is 9.20. The van der Waals surface area contributed by atoms with Crippen LogP contribution in [-0.2, 0) is 0 Å². The Morgan fingerprint density at radius 3 is 2.93 bits per heavy atom. The molecule has 2 heterocycles. The van der Waals surface area contributed by atoms with E-state index in [2.05, 4.69) is 28.1 Å². The van der Waals surface area contributed by atoms with Gasteiger partial charge in [0, 0.05) is 19.0 Å². The molecule has 1 aliphatic rings. The molecule has 0 unspecified atom stereocenters. The molecule has 3 rings (SSSR count). The van der Waals surface area contributed by atoms with Gasteiger partial charge in [-0.05, 0) is 18.7 Å². The minimum absolute atomic E-state index is 0.664. The SMILES string of the molecule is NCC1CN(c2nc3ccccc3s2)C1. The summed E-state index contributed by atoms with van der Waals surface area (Å²) in [6.07, 6.45) is 0. The molecule has 0 saturated carbocycles. The molecule has 1 aromatic heterocycles. The van der Waals surface area contributed by atoms with E-state index in [4.69, 9.17) is 5.73 Å². The molecule has 15 heavy (non-hydrogen) atoms. The van der Waals surface area contributed by atoms with Crippen molar-refractivity contribution >= 4 is 26.7 Å². The molecule has 1 saturated heterocycles. The van der Waals surface area contributed by atoms with Crippen LogP contribution in [0.1, 0.15) is 0 Å². The Kier molecular flexibility index (Phi) is 2.11. The zero-order valence-electron chi connectivity index (χ0n) is 8.39. The quantitative estimate of drug-likeness (QED) is 0.835. The van der Waals surface area contributed by atoms with Gasteiger partial charge in [-0.3, -0.25) is 0 Å². The molecule has 1 aliphatic heterocycles. The fourth-order valence-electron chi connectivity index (χ4n) is 1.87. The number of nitrogens with zero attached hydrogens (tertiary/aromatic N) is 2. The predicted molar refractivity (Wildman–Crippen MR) is 64.4 cm³/mol. The van der Waals surface area contributed by atoms with Gasteiger partial charge in [0.2, 0.25) is 0 Å². The molecule has 78 valence electrons. The fraction of sp³-hybridized carbons (Fsp3) is 0.364. The Morgan fingerprint density at radius 2 is 2.20 bits per heavy atom. The van der Waals surface area contributed by atoms with Gasteiger partial charge in [0.15, 0.2) is 5.13 Å². The topological polar surface area (TPSA) is 42.1 Å². The van der Waals surface area contributed by atoms with Gasteiger partial charge >= 0.3 is 0 Å². The average molecular weight is 219 g/mol. The third-order valence-electron chi connectivity index (χ3n) is 2.84. The van der Waals surface area contributed by atoms with Crippen molar-refractivity contribution in [3.05, 3.63) is 24.3 Å². The van der Waals surface area contributed by atoms with Crippen molar-refractivity contribution in [2.45, 2.75) is 0 Å². The monoisotopic (exact) mass is 219 g/mol. The Labute approximate surface area is 92.5 Å². The molecule has 0 aliphatic carbocycles. The minimum Gasteiger partial charge on any atom is -0.347 e. The van der Waals surface area contributed by atoms with Crippen LogP contribution >= 0.6 is 11.3 Å². The van der Waals surface area contributed by atoms with Crippen molar-refractivity contribution in [2.75, 3.05) is 24.5 Å². The number of anilines is 1. The summed E-state index contributed by atoms with van der Waals surface area (Å²) in [6.45, 7) is 2.92. The number of hydrogen-bond donors (Lipinski definition) is 1. The summed E-state index contributed by atoms with van der Waals surface area (Å²) in [5.74, 6) is 0.664. The summed E-state index contributed by atoms with van der Waals surface area (Å²) in [7, 11) is 0. The standard InChI is InChI=1S/C11H13N3S/c12-5-8-6-14(7-8)11-13-9-3-1-2-4-10(9)15-11/h1-4,8H,5-7,12H2. The first kappa shape index (κ1) is 9.12. The molecule has 2 N–H and O–H groups in total. The molecule has 1 aromatic carbocycles. The third-order valence-corrected chi connectivity index (χ3v) is 3.94. The van der Waals surface area contributed by atoms with Gasteiger partial charge in [-0.15, -0.1) is 0 Å². The highest BCUT2D eigenvalue weighted by Crippen LogP contribution is 2.32. The Bertz CT molecular complexity index is 440. The predicted octanol–water partition coefficient (Wildman–Crippen LogP) is 1.69. The second-order valence-electron chi connectivity index (χ2n) is 3.97. The largest absolute Gasteiger partial charge is 0.347 e. The second-order valence-corrected chi connectivity index (χ2v) is 4.98. The number of nitrogens with two attached hydrogens (primary N) is 1. The first-order chi connectivity index (χ1) is 7.36. The Morgan fingerprint density at radius 1 is 1.40 bits per heavy atom. The number of hydrogen-bond acceptors (Lipinski definition) is 4. The highest BCUT2D eigenvalue weighted by Gasteiger charge is 2.27. The van der Waals surface area contributed by atoms with E-state index in [1.54, 1.807) is 11.3 Å². The Hall–Kier alpha value is -1.13.